The van der Waals surface area contributed by atoms with Gasteiger partial charge in [0.05, 0.1) is 7.11 Å². The summed E-state index contributed by atoms with van der Waals surface area (Å²) in [5, 5.41) is 3.50. The highest BCUT2D eigenvalue weighted by Crippen LogP contribution is 2.23. The predicted octanol–water partition coefficient (Wildman–Crippen LogP) is 3.78. The van der Waals surface area contributed by atoms with Crippen molar-refractivity contribution < 1.29 is 4.74 Å². The molecule has 96 valence electrons. The Morgan fingerprint density at radius 3 is 2.82 bits per heavy atom. The first-order valence-electron chi connectivity index (χ1n) is 6.23. The van der Waals surface area contributed by atoms with Crippen LogP contribution in [0, 0.1) is 0 Å². The normalized spacial score (nSPS) is 12.5. The van der Waals surface area contributed by atoms with Crippen LogP contribution in [0.25, 0.3) is 0 Å². The van der Waals surface area contributed by atoms with E-state index in [2.05, 4.69) is 47.2 Å². The smallest absolute Gasteiger partial charge is 0.119 e. The zero-order valence-corrected chi connectivity index (χ0v) is 12.5. The number of methoxy groups -OCH3 is 1. The number of hydrogen-bond donors (Lipinski definition) is 1. The van der Waals surface area contributed by atoms with E-state index in [1.807, 2.05) is 6.07 Å². The molecule has 0 radical (unpaired) electrons. The summed E-state index contributed by atoms with van der Waals surface area (Å²) in [6.07, 6.45) is 3.40. The van der Waals surface area contributed by atoms with Crippen LogP contribution in [-0.2, 0) is 6.42 Å². The van der Waals surface area contributed by atoms with E-state index in [0.717, 1.165) is 25.1 Å². The average Bonchev–Trinajstić information content (AvgIpc) is 2.35. The quantitative estimate of drug-likeness (QED) is 0.827. The zero-order valence-electron chi connectivity index (χ0n) is 10.9. The molecule has 0 aliphatic rings. The monoisotopic (exact) mass is 299 g/mol. The van der Waals surface area contributed by atoms with Crippen molar-refractivity contribution in [2.75, 3.05) is 13.7 Å². The van der Waals surface area contributed by atoms with Gasteiger partial charge in [-0.3, -0.25) is 0 Å². The van der Waals surface area contributed by atoms with Crippen LogP contribution >= 0.6 is 15.9 Å². The van der Waals surface area contributed by atoms with Gasteiger partial charge in [0.2, 0.25) is 0 Å². The van der Waals surface area contributed by atoms with Crippen LogP contribution in [0.4, 0.5) is 0 Å². The van der Waals surface area contributed by atoms with Gasteiger partial charge in [0.1, 0.15) is 5.75 Å². The van der Waals surface area contributed by atoms with Gasteiger partial charge >= 0.3 is 0 Å². The molecule has 0 aromatic heterocycles. The summed E-state index contributed by atoms with van der Waals surface area (Å²) in [6.45, 7) is 5.53. The molecule has 0 fully saturated rings. The highest BCUT2D eigenvalue weighted by molar-refractivity contribution is 9.10. The summed E-state index contributed by atoms with van der Waals surface area (Å²) >= 11 is 3.59. The van der Waals surface area contributed by atoms with Crippen molar-refractivity contribution in [3.63, 3.8) is 0 Å². The first kappa shape index (κ1) is 14.5. The molecule has 0 aliphatic heterocycles. The Morgan fingerprint density at radius 2 is 2.18 bits per heavy atom. The van der Waals surface area contributed by atoms with Crippen LogP contribution in [0.5, 0.6) is 5.75 Å². The lowest BCUT2D eigenvalue weighted by Crippen LogP contribution is -2.27. The van der Waals surface area contributed by atoms with Gasteiger partial charge in [-0.15, -0.1) is 0 Å². The minimum absolute atomic E-state index is 0.563. The third-order valence-electron chi connectivity index (χ3n) is 2.84. The topological polar surface area (TPSA) is 21.3 Å². The maximum Gasteiger partial charge on any atom is 0.119 e. The van der Waals surface area contributed by atoms with Crippen molar-refractivity contribution in [3.8, 4) is 5.75 Å². The Balaban J connectivity index is 2.50. The summed E-state index contributed by atoms with van der Waals surface area (Å²) in [5.41, 5.74) is 1.31. The zero-order chi connectivity index (χ0) is 12.7. The van der Waals surface area contributed by atoms with Gasteiger partial charge in [0.15, 0.2) is 0 Å². The standard InChI is InChI=1S/C14H22BrNO/c1-4-9-16-11(2)5-6-12-10-13(17-3)7-8-14(12)15/h7-8,10-11,16H,4-6,9H2,1-3H3. The fraction of sp³-hybridized carbons (Fsp3) is 0.571. The second-order valence-corrected chi connectivity index (χ2v) is 5.21. The lowest BCUT2D eigenvalue weighted by molar-refractivity contribution is 0.414. The van der Waals surface area contributed by atoms with Gasteiger partial charge in [0, 0.05) is 10.5 Å². The van der Waals surface area contributed by atoms with Crippen molar-refractivity contribution in [1.29, 1.82) is 0 Å². The van der Waals surface area contributed by atoms with E-state index in [9.17, 15) is 0 Å². The Labute approximate surface area is 113 Å². The summed E-state index contributed by atoms with van der Waals surface area (Å²) in [5.74, 6) is 0.928. The van der Waals surface area contributed by atoms with Crippen LogP contribution in [0.2, 0.25) is 0 Å². The molecule has 1 N–H and O–H groups in total. The molecule has 1 aromatic rings. The minimum Gasteiger partial charge on any atom is -0.497 e. The maximum atomic E-state index is 5.25. The van der Waals surface area contributed by atoms with Crippen molar-refractivity contribution in [2.24, 2.45) is 0 Å². The fourth-order valence-electron chi connectivity index (χ4n) is 1.73. The first-order valence-corrected chi connectivity index (χ1v) is 7.02. The second kappa shape index (κ2) is 7.72. The Kier molecular flexibility index (Phi) is 6.60. The number of halogens is 1. The second-order valence-electron chi connectivity index (χ2n) is 4.35. The maximum absolute atomic E-state index is 5.25. The summed E-state index contributed by atoms with van der Waals surface area (Å²) in [6, 6.07) is 6.70. The average molecular weight is 300 g/mol. The highest BCUT2D eigenvalue weighted by Gasteiger charge is 2.05. The number of rotatable bonds is 7. The van der Waals surface area contributed by atoms with Crippen LogP contribution in [0.1, 0.15) is 32.3 Å². The number of hydrogen-bond acceptors (Lipinski definition) is 2. The number of ether oxygens (including phenoxy) is 1. The Hall–Kier alpha value is -0.540. The number of benzene rings is 1. The SMILES string of the molecule is CCCNC(C)CCc1cc(OC)ccc1Br. The van der Waals surface area contributed by atoms with Crippen molar-refractivity contribution in [3.05, 3.63) is 28.2 Å². The molecule has 1 rings (SSSR count). The van der Waals surface area contributed by atoms with Gasteiger partial charge in [-0.1, -0.05) is 22.9 Å². The lowest BCUT2D eigenvalue weighted by Gasteiger charge is -2.14. The number of nitrogens with one attached hydrogen (secondary N) is 1. The summed E-state index contributed by atoms with van der Waals surface area (Å²) in [4.78, 5) is 0. The molecule has 3 heteroatoms. The van der Waals surface area contributed by atoms with E-state index < -0.39 is 0 Å². The van der Waals surface area contributed by atoms with Gasteiger partial charge in [-0.05, 0) is 56.5 Å². The molecule has 0 amide bonds. The molecule has 1 aromatic carbocycles. The molecule has 0 aliphatic carbocycles. The third kappa shape index (κ3) is 5.09. The van der Waals surface area contributed by atoms with Crippen LogP contribution in [0.3, 0.4) is 0 Å². The summed E-state index contributed by atoms with van der Waals surface area (Å²) < 4.78 is 6.41. The van der Waals surface area contributed by atoms with Crippen molar-refractivity contribution in [2.45, 2.75) is 39.2 Å². The molecule has 1 atom stereocenters. The van der Waals surface area contributed by atoms with E-state index >= 15 is 0 Å². The Morgan fingerprint density at radius 1 is 1.41 bits per heavy atom. The van der Waals surface area contributed by atoms with E-state index in [1.165, 1.54) is 16.5 Å². The fourth-order valence-corrected chi connectivity index (χ4v) is 2.18. The Bertz CT molecular complexity index is 341. The largest absolute Gasteiger partial charge is 0.497 e. The highest BCUT2D eigenvalue weighted by atomic mass is 79.9. The molecule has 1 unspecified atom stereocenters. The van der Waals surface area contributed by atoms with E-state index in [0.29, 0.717) is 6.04 Å². The molecule has 0 saturated heterocycles. The van der Waals surface area contributed by atoms with Gasteiger partial charge < -0.3 is 10.1 Å². The van der Waals surface area contributed by atoms with Crippen molar-refractivity contribution in [1.82, 2.24) is 5.32 Å². The molecule has 0 saturated carbocycles. The van der Waals surface area contributed by atoms with Crippen LogP contribution in [0.15, 0.2) is 22.7 Å². The van der Waals surface area contributed by atoms with E-state index in [4.69, 9.17) is 4.74 Å². The van der Waals surface area contributed by atoms with E-state index in [-0.39, 0.29) is 0 Å². The number of aryl methyl sites for hydroxylation is 1. The van der Waals surface area contributed by atoms with Gasteiger partial charge in [0.25, 0.3) is 0 Å². The van der Waals surface area contributed by atoms with Gasteiger partial charge in [-0.2, -0.15) is 0 Å². The molecular weight excluding hydrogens is 278 g/mol. The molecule has 2 nitrogen and oxygen atoms in total. The third-order valence-corrected chi connectivity index (χ3v) is 3.62. The summed E-state index contributed by atoms with van der Waals surface area (Å²) in [7, 11) is 1.71. The van der Waals surface area contributed by atoms with E-state index in [1.54, 1.807) is 7.11 Å². The first-order chi connectivity index (χ1) is 8.17. The minimum atomic E-state index is 0.563. The van der Waals surface area contributed by atoms with Crippen molar-refractivity contribution >= 4 is 15.9 Å². The molecule has 0 heterocycles. The van der Waals surface area contributed by atoms with Gasteiger partial charge in [-0.25, -0.2) is 0 Å². The molecule has 0 bridgehead atoms. The lowest BCUT2D eigenvalue weighted by atomic mass is 10.1. The molecule has 17 heavy (non-hydrogen) atoms. The predicted molar refractivity (Wildman–Crippen MR) is 76.8 cm³/mol. The molecular formula is C14H22BrNO. The molecule has 0 spiro atoms. The van der Waals surface area contributed by atoms with Crippen LogP contribution < -0.4 is 10.1 Å². The van der Waals surface area contributed by atoms with Crippen LogP contribution in [-0.4, -0.2) is 19.7 Å².